The molecule has 1 aliphatic heterocycles. The number of nitriles is 1. The zero-order valence-corrected chi connectivity index (χ0v) is 16.0. The molecule has 1 unspecified atom stereocenters. The summed E-state index contributed by atoms with van der Waals surface area (Å²) in [5, 5.41) is 11.1. The second kappa shape index (κ2) is 7.74. The van der Waals surface area contributed by atoms with Gasteiger partial charge < -0.3 is 15.8 Å². The van der Waals surface area contributed by atoms with Crippen molar-refractivity contribution >= 4 is 17.6 Å². The van der Waals surface area contributed by atoms with Gasteiger partial charge in [-0.2, -0.15) is 5.26 Å². The van der Waals surface area contributed by atoms with Gasteiger partial charge in [0.05, 0.1) is 11.1 Å². The SMILES string of the molecule is N#Cc1cnc(C(=O)Nc2ccc(F)c([C@@]3(C(F)F)N=C(N)O[C@@H]4CC43)c2)c(C(F)F)c1. The molecule has 0 bridgehead atoms. The molecule has 1 aromatic carbocycles. The predicted molar refractivity (Wildman–Crippen MR) is 101 cm³/mol. The summed E-state index contributed by atoms with van der Waals surface area (Å²) < 4.78 is 74.8. The minimum atomic E-state index is -3.13. The number of aromatic nitrogens is 1. The molecule has 1 fully saturated rings. The fourth-order valence-corrected chi connectivity index (χ4v) is 3.80. The van der Waals surface area contributed by atoms with Crippen LogP contribution in [-0.2, 0) is 10.3 Å². The number of rotatable bonds is 5. The molecule has 2 aromatic rings. The Morgan fingerprint density at radius 2 is 2.06 bits per heavy atom. The molecule has 32 heavy (non-hydrogen) atoms. The lowest BCUT2D eigenvalue weighted by Crippen LogP contribution is -2.43. The van der Waals surface area contributed by atoms with Crippen molar-refractivity contribution in [3.8, 4) is 6.07 Å². The van der Waals surface area contributed by atoms with E-state index in [0.717, 1.165) is 30.5 Å². The molecule has 1 amide bonds. The number of aliphatic imine (C=N–C) groups is 1. The van der Waals surface area contributed by atoms with E-state index in [4.69, 9.17) is 15.7 Å². The number of nitrogens with one attached hydrogen (secondary N) is 1. The first kappa shape index (κ1) is 21.5. The molecule has 166 valence electrons. The van der Waals surface area contributed by atoms with Crippen LogP contribution in [0, 0.1) is 23.1 Å². The Morgan fingerprint density at radius 3 is 2.72 bits per heavy atom. The number of alkyl halides is 4. The second-order valence-electron chi connectivity index (χ2n) is 7.30. The molecule has 7 nitrogen and oxygen atoms in total. The van der Waals surface area contributed by atoms with E-state index in [1.807, 2.05) is 0 Å². The van der Waals surface area contributed by atoms with Crippen molar-refractivity contribution in [1.29, 1.82) is 5.26 Å². The highest BCUT2D eigenvalue weighted by atomic mass is 19.3. The lowest BCUT2D eigenvalue weighted by atomic mass is 9.84. The standard InChI is InChI=1S/C20H14F5N5O2/c21-13-2-1-9(29-17(31)15-10(16(22)23)3-8(6-26)7-28-15)4-11(13)20(18(24)25)12-5-14(12)32-19(27)30-20/h1-4,7,12,14,16,18H,5H2,(H2,27,30)(H,29,31)/t12?,14-,20-/m1/s1. The number of amides is 1. The monoisotopic (exact) mass is 451 g/mol. The van der Waals surface area contributed by atoms with Crippen molar-refractivity contribution in [2.75, 3.05) is 5.32 Å². The summed E-state index contributed by atoms with van der Waals surface area (Å²) >= 11 is 0. The molecule has 0 radical (unpaired) electrons. The van der Waals surface area contributed by atoms with E-state index in [-0.39, 0.29) is 17.7 Å². The number of carbonyl (C=O) groups excluding carboxylic acids is 1. The van der Waals surface area contributed by atoms with Crippen LogP contribution in [0.1, 0.15) is 40.0 Å². The van der Waals surface area contributed by atoms with Crippen molar-refractivity contribution in [3.05, 3.63) is 58.7 Å². The molecule has 2 aliphatic rings. The summed E-state index contributed by atoms with van der Waals surface area (Å²) in [6.45, 7) is 0. The van der Waals surface area contributed by atoms with Gasteiger partial charge in [0.2, 0.25) is 0 Å². The lowest BCUT2D eigenvalue weighted by molar-refractivity contribution is 0.0177. The largest absolute Gasteiger partial charge is 0.462 e. The Bertz CT molecular complexity index is 1170. The third-order valence-electron chi connectivity index (χ3n) is 5.35. The van der Waals surface area contributed by atoms with Crippen molar-refractivity contribution in [2.45, 2.75) is 30.9 Å². The maximum Gasteiger partial charge on any atom is 0.283 e. The van der Waals surface area contributed by atoms with Crippen LogP contribution in [-0.4, -0.2) is 29.4 Å². The van der Waals surface area contributed by atoms with Gasteiger partial charge in [0.1, 0.15) is 23.7 Å². The first-order chi connectivity index (χ1) is 15.2. The van der Waals surface area contributed by atoms with E-state index in [1.54, 1.807) is 6.07 Å². The number of amidine groups is 1. The highest BCUT2D eigenvalue weighted by Crippen LogP contribution is 2.56. The topological polar surface area (TPSA) is 113 Å². The van der Waals surface area contributed by atoms with Gasteiger partial charge in [-0.1, -0.05) is 0 Å². The first-order valence-electron chi connectivity index (χ1n) is 9.27. The molecule has 3 atom stereocenters. The number of hydrogen-bond donors (Lipinski definition) is 2. The van der Waals surface area contributed by atoms with E-state index in [9.17, 15) is 26.7 Å². The Kier molecular flexibility index (Phi) is 5.20. The highest BCUT2D eigenvalue weighted by Gasteiger charge is 2.64. The molecule has 1 saturated carbocycles. The second-order valence-corrected chi connectivity index (χ2v) is 7.30. The van der Waals surface area contributed by atoms with Crippen LogP contribution in [0.15, 0.2) is 35.5 Å². The summed E-state index contributed by atoms with van der Waals surface area (Å²) in [5.74, 6) is -2.91. The van der Waals surface area contributed by atoms with Crippen LogP contribution in [0.25, 0.3) is 0 Å². The number of hydrogen-bond acceptors (Lipinski definition) is 6. The fraction of sp³-hybridized carbons (Fsp3) is 0.300. The number of nitrogens with two attached hydrogens (primary N) is 1. The summed E-state index contributed by atoms with van der Waals surface area (Å²) in [6, 6.07) is 4.86. The van der Waals surface area contributed by atoms with E-state index in [2.05, 4.69) is 15.3 Å². The van der Waals surface area contributed by atoms with Crippen molar-refractivity contribution in [2.24, 2.45) is 16.6 Å². The minimum absolute atomic E-state index is 0.143. The average Bonchev–Trinajstić information content (AvgIpc) is 3.53. The summed E-state index contributed by atoms with van der Waals surface area (Å²) in [7, 11) is 0. The van der Waals surface area contributed by atoms with Crippen LogP contribution in [0.5, 0.6) is 0 Å². The summed E-state index contributed by atoms with van der Waals surface area (Å²) in [5.41, 5.74) is 0.940. The zero-order chi connectivity index (χ0) is 23.2. The van der Waals surface area contributed by atoms with Crippen molar-refractivity contribution in [1.82, 2.24) is 4.98 Å². The summed E-state index contributed by atoms with van der Waals surface area (Å²) in [6.07, 6.45) is -5.73. The number of nitrogens with zero attached hydrogens (tertiary/aromatic N) is 3. The fourth-order valence-electron chi connectivity index (χ4n) is 3.80. The molecular weight excluding hydrogens is 437 g/mol. The molecule has 1 aliphatic carbocycles. The Morgan fingerprint density at radius 1 is 1.31 bits per heavy atom. The smallest absolute Gasteiger partial charge is 0.283 e. The van der Waals surface area contributed by atoms with Crippen LogP contribution in [0.3, 0.4) is 0 Å². The van der Waals surface area contributed by atoms with Gasteiger partial charge in [-0.25, -0.2) is 31.9 Å². The van der Waals surface area contributed by atoms with Crippen LogP contribution >= 0.6 is 0 Å². The Labute approximate surface area is 177 Å². The third kappa shape index (κ3) is 3.49. The number of carbonyl (C=O) groups is 1. The average molecular weight is 451 g/mol. The normalized spacial score (nSPS) is 23.8. The Balaban J connectivity index is 1.71. The van der Waals surface area contributed by atoms with Gasteiger partial charge in [0, 0.05) is 23.4 Å². The van der Waals surface area contributed by atoms with Gasteiger partial charge >= 0.3 is 0 Å². The van der Waals surface area contributed by atoms with Crippen LogP contribution in [0.4, 0.5) is 27.6 Å². The molecule has 2 heterocycles. The molecule has 4 rings (SSSR count). The first-order valence-corrected chi connectivity index (χ1v) is 9.27. The maximum atomic E-state index is 14.7. The molecule has 0 saturated heterocycles. The number of halogens is 5. The van der Waals surface area contributed by atoms with E-state index in [0.29, 0.717) is 0 Å². The summed E-state index contributed by atoms with van der Waals surface area (Å²) in [4.78, 5) is 19.9. The molecule has 3 N–H and O–H groups in total. The van der Waals surface area contributed by atoms with E-state index >= 15 is 0 Å². The molecule has 1 aromatic heterocycles. The number of anilines is 1. The van der Waals surface area contributed by atoms with Gasteiger partial charge in [0.15, 0.2) is 5.54 Å². The van der Waals surface area contributed by atoms with E-state index < -0.39 is 65.0 Å². The van der Waals surface area contributed by atoms with Gasteiger partial charge in [0.25, 0.3) is 24.8 Å². The van der Waals surface area contributed by atoms with Gasteiger partial charge in [-0.15, -0.1) is 0 Å². The maximum absolute atomic E-state index is 14.7. The predicted octanol–water partition coefficient (Wildman–Crippen LogP) is 3.48. The molecule has 12 heteroatoms. The highest BCUT2D eigenvalue weighted by molar-refractivity contribution is 6.04. The van der Waals surface area contributed by atoms with Crippen molar-refractivity contribution < 1.29 is 31.5 Å². The quantitative estimate of drug-likeness (QED) is 0.676. The number of ether oxygens (including phenoxy) is 1. The van der Waals surface area contributed by atoms with Crippen molar-refractivity contribution in [3.63, 3.8) is 0 Å². The molecule has 0 spiro atoms. The Hall–Kier alpha value is -3.75. The van der Waals surface area contributed by atoms with Gasteiger partial charge in [-0.3, -0.25) is 4.79 Å². The third-order valence-corrected chi connectivity index (χ3v) is 5.35. The van der Waals surface area contributed by atoms with Gasteiger partial charge in [-0.05, 0) is 30.7 Å². The number of pyridine rings is 1. The lowest BCUT2D eigenvalue weighted by Gasteiger charge is -2.33. The minimum Gasteiger partial charge on any atom is -0.462 e. The number of fused-ring (bicyclic) bond motifs is 1. The van der Waals surface area contributed by atoms with Crippen LogP contribution in [0.2, 0.25) is 0 Å². The number of benzene rings is 1. The zero-order valence-electron chi connectivity index (χ0n) is 16.0. The molecular formula is C20H14F5N5O2. The van der Waals surface area contributed by atoms with Crippen LogP contribution < -0.4 is 11.1 Å². The van der Waals surface area contributed by atoms with E-state index in [1.165, 1.54) is 0 Å².